The second-order valence-electron chi connectivity index (χ2n) is 4.18. The number of halogens is 2. The van der Waals surface area contributed by atoms with Gasteiger partial charge in [-0.2, -0.15) is 36.4 Å². The third-order valence-electron chi connectivity index (χ3n) is 2.04. The molecule has 0 heterocycles. The van der Waals surface area contributed by atoms with Crippen molar-refractivity contribution in [1.82, 2.24) is 0 Å². The quantitative estimate of drug-likeness (QED) is 0.351. The summed E-state index contributed by atoms with van der Waals surface area (Å²) < 4.78 is 0. The molecule has 0 aromatic heterocycles. The predicted molar refractivity (Wildman–Crippen MR) is 82.7 cm³/mol. The molecule has 18 heavy (non-hydrogen) atoms. The maximum Gasteiger partial charge on any atom is -0.0961 e. The molecule has 0 aliphatic rings. The Balaban J connectivity index is 0.000000241. The maximum atomic E-state index is 5.64. The van der Waals surface area contributed by atoms with Crippen molar-refractivity contribution >= 4 is 22.6 Å². The van der Waals surface area contributed by atoms with Crippen LogP contribution in [0.2, 0.25) is 13.1 Å². The average molecular weight is 466 g/mol. The smallest absolute Gasteiger partial charge is 0.0961 e. The number of aryl methyl sites for hydroxylation is 2. The van der Waals surface area contributed by atoms with Crippen LogP contribution in [0.4, 0.5) is 0 Å². The molecule has 0 N–H and O–H groups in total. The van der Waals surface area contributed by atoms with Gasteiger partial charge in [-0.1, -0.05) is 13.8 Å². The zero-order chi connectivity index (χ0) is 14.0. The number of hydrogen-bond donors (Lipinski definition) is 0. The molecule has 0 aliphatic heterocycles. The molecular weight excluding hydrogens is 446 g/mol. The molecule has 0 fully saturated rings. The Morgan fingerprint density at radius 3 is 1.33 bits per heavy atom. The van der Waals surface area contributed by atoms with E-state index in [-0.39, 0.29) is 5.49 Å². The molecular formula is C14H20Cl2HfSi-2. The fraction of sp³-hybridized carbons (Fsp3) is 0.286. The molecule has 0 bridgehead atoms. The van der Waals surface area contributed by atoms with Crippen molar-refractivity contribution in [2.24, 2.45) is 0 Å². The van der Waals surface area contributed by atoms with Crippen LogP contribution in [0.3, 0.4) is 0 Å². The fourth-order valence-corrected chi connectivity index (χ4v) is 0.940. The molecule has 100 valence electrons. The molecule has 0 unspecified atom stereocenters. The van der Waals surface area contributed by atoms with Gasteiger partial charge in [0.25, 0.3) is 0 Å². The van der Waals surface area contributed by atoms with Crippen molar-refractivity contribution in [2.75, 3.05) is 0 Å². The average Bonchev–Trinajstić information content (AvgIpc) is 2.93. The topological polar surface area (TPSA) is 0 Å². The molecule has 2 aromatic carbocycles. The summed E-state index contributed by atoms with van der Waals surface area (Å²) in [4.78, 5) is 0. The van der Waals surface area contributed by atoms with E-state index >= 15 is 0 Å². The summed E-state index contributed by atoms with van der Waals surface area (Å²) >= 11 is -1.78. The fourth-order valence-electron chi connectivity index (χ4n) is 0.940. The van der Waals surface area contributed by atoms with E-state index in [0.717, 1.165) is 0 Å². The standard InChI is InChI=1S/2C6H7.C2H6Si.2ClH.Hf/c2*1-6-4-2-3-5-6;1-3-2;;;/h2*2-5H,1H3;1-2H3;2*1H;/q2*-1;;;;+2/p-2. The largest absolute Gasteiger partial charge is 0.211 e. The molecule has 2 rings (SSSR count). The second kappa shape index (κ2) is 11.2. The Hall–Kier alpha value is 0.367. The van der Waals surface area contributed by atoms with Gasteiger partial charge in [0.2, 0.25) is 0 Å². The van der Waals surface area contributed by atoms with Crippen molar-refractivity contribution in [3.63, 3.8) is 0 Å². The molecule has 0 atom stereocenters. The van der Waals surface area contributed by atoms with Crippen LogP contribution in [-0.4, -0.2) is 5.49 Å². The van der Waals surface area contributed by atoms with Crippen LogP contribution in [-0.2, 0) is 17.7 Å². The summed E-state index contributed by atoms with van der Waals surface area (Å²) in [6, 6.07) is 16.5. The minimum atomic E-state index is -1.78. The predicted octanol–water partition coefficient (Wildman–Crippen LogP) is 5.59. The van der Waals surface area contributed by atoms with Crippen molar-refractivity contribution in [3.05, 3.63) is 59.7 Å². The Morgan fingerprint density at radius 2 is 1.28 bits per heavy atom. The molecule has 0 aliphatic carbocycles. The molecule has 0 amide bonds. The van der Waals surface area contributed by atoms with E-state index in [4.69, 9.17) is 17.2 Å². The molecule has 0 radical (unpaired) electrons. The van der Waals surface area contributed by atoms with Gasteiger partial charge >= 0.3 is 53.4 Å². The van der Waals surface area contributed by atoms with Crippen LogP contribution in [0.5, 0.6) is 0 Å². The van der Waals surface area contributed by atoms with Gasteiger partial charge in [-0.15, -0.1) is 0 Å². The Morgan fingerprint density at radius 1 is 0.944 bits per heavy atom. The summed E-state index contributed by atoms with van der Waals surface area (Å²) in [5.74, 6) is 0. The van der Waals surface area contributed by atoms with E-state index in [0.29, 0.717) is 0 Å². The molecule has 2 aromatic rings. The first-order valence-corrected chi connectivity index (χ1v) is 22.6. The van der Waals surface area contributed by atoms with Gasteiger partial charge in [-0.05, 0) is 0 Å². The van der Waals surface area contributed by atoms with Crippen LogP contribution in [0, 0.1) is 13.8 Å². The van der Waals surface area contributed by atoms with Gasteiger partial charge in [0, 0.05) is 0 Å². The summed E-state index contributed by atoms with van der Waals surface area (Å²) in [5, 5.41) is 0. The van der Waals surface area contributed by atoms with Crippen molar-refractivity contribution in [1.29, 1.82) is 0 Å². The first-order chi connectivity index (χ1) is 8.43. The van der Waals surface area contributed by atoms with Gasteiger partial charge in [0.15, 0.2) is 0 Å². The molecule has 0 saturated carbocycles. The van der Waals surface area contributed by atoms with E-state index in [2.05, 4.69) is 51.2 Å². The minimum absolute atomic E-state index is 0.208. The van der Waals surface area contributed by atoms with Crippen molar-refractivity contribution in [3.8, 4) is 0 Å². The first kappa shape index (κ1) is 18.4. The van der Waals surface area contributed by atoms with Gasteiger partial charge in [0.1, 0.15) is 0 Å². The molecule has 4 heteroatoms. The first-order valence-electron chi connectivity index (χ1n) is 5.78. The SMILES string of the molecule is C[Si](C)=[Hf]([Cl])[Cl].Cc1cc[cH-]c1.Cc1cc[cH-]c1. The Bertz CT molecular complexity index is 380. The molecule has 0 spiro atoms. The zero-order valence-corrected chi connectivity index (χ0v) is 17.5. The molecule has 0 saturated heterocycles. The Kier molecular flexibility index (Phi) is 11.4. The zero-order valence-electron chi connectivity index (χ0n) is 11.4. The van der Waals surface area contributed by atoms with E-state index in [9.17, 15) is 0 Å². The van der Waals surface area contributed by atoms with E-state index < -0.39 is 17.7 Å². The van der Waals surface area contributed by atoms with Gasteiger partial charge < -0.3 is 0 Å². The summed E-state index contributed by atoms with van der Waals surface area (Å²) in [6.45, 7) is 8.51. The summed E-state index contributed by atoms with van der Waals surface area (Å²) in [7, 11) is 11.3. The van der Waals surface area contributed by atoms with Crippen molar-refractivity contribution in [2.45, 2.75) is 26.9 Å². The third kappa shape index (κ3) is 11.5. The van der Waals surface area contributed by atoms with Crippen molar-refractivity contribution < 1.29 is 17.7 Å². The van der Waals surface area contributed by atoms with E-state index in [1.807, 2.05) is 24.3 Å². The monoisotopic (exact) mass is 466 g/mol. The minimum Gasteiger partial charge on any atom is -0.211 e. The van der Waals surface area contributed by atoms with Crippen LogP contribution >= 0.6 is 17.2 Å². The maximum absolute atomic E-state index is 5.64. The van der Waals surface area contributed by atoms with Gasteiger partial charge in [-0.3, -0.25) is 0 Å². The second-order valence-corrected chi connectivity index (χ2v) is 35.9. The van der Waals surface area contributed by atoms with Crippen LogP contribution in [0.1, 0.15) is 11.1 Å². The normalized spacial score (nSPS) is 8.56. The Labute approximate surface area is 126 Å². The van der Waals surface area contributed by atoms with Gasteiger partial charge in [0.05, 0.1) is 0 Å². The van der Waals surface area contributed by atoms with Crippen LogP contribution < -0.4 is 0 Å². The van der Waals surface area contributed by atoms with E-state index in [1.54, 1.807) is 0 Å². The number of hydrogen-bond acceptors (Lipinski definition) is 0. The number of rotatable bonds is 0. The third-order valence-corrected chi connectivity index (χ3v) is 29.5. The molecule has 0 nitrogen and oxygen atoms in total. The van der Waals surface area contributed by atoms with Gasteiger partial charge in [-0.25, -0.2) is 23.3 Å². The van der Waals surface area contributed by atoms with Crippen LogP contribution in [0.15, 0.2) is 48.5 Å². The summed E-state index contributed by atoms with van der Waals surface area (Å²) in [6.07, 6.45) is 0. The van der Waals surface area contributed by atoms with E-state index in [1.165, 1.54) is 11.1 Å². The van der Waals surface area contributed by atoms with Crippen LogP contribution in [0.25, 0.3) is 0 Å². The summed E-state index contributed by atoms with van der Waals surface area (Å²) in [5.41, 5.74) is 2.48.